The molecule has 4 aromatic rings. The molecule has 0 spiro atoms. The zero-order valence-electron chi connectivity index (χ0n) is 18.2. The topological polar surface area (TPSA) is 79.2 Å². The molecular weight excluding hydrogens is 414 g/mol. The van der Waals surface area contributed by atoms with Crippen molar-refractivity contribution in [2.45, 2.75) is 6.54 Å². The van der Waals surface area contributed by atoms with Crippen molar-refractivity contribution in [2.75, 3.05) is 36.4 Å². The summed E-state index contributed by atoms with van der Waals surface area (Å²) in [6.07, 6.45) is 1.50. The molecule has 1 aliphatic heterocycles. The van der Waals surface area contributed by atoms with Gasteiger partial charge in [-0.15, -0.1) is 5.10 Å². The predicted octanol–water partition coefficient (Wildman–Crippen LogP) is 3.24. The van der Waals surface area contributed by atoms with E-state index in [-0.39, 0.29) is 5.91 Å². The van der Waals surface area contributed by atoms with Gasteiger partial charge in [0.05, 0.1) is 5.69 Å². The van der Waals surface area contributed by atoms with E-state index in [1.54, 1.807) is 12.1 Å². The summed E-state index contributed by atoms with van der Waals surface area (Å²) in [7, 11) is 0. The van der Waals surface area contributed by atoms with Crippen LogP contribution in [0.1, 0.15) is 15.9 Å². The van der Waals surface area contributed by atoms with Crippen molar-refractivity contribution in [2.24, 2.45) is 0 Å². The van der Waals surface area contributed by atoms with Crippen LogP contribution in [0.25, 0.3) is 5.69 Å². The smallest absolute Gasteiger partial charge is 0.255 e. The first-order chi connectivity index (χ1) is 16.2. The number of amides is 1. The third-order valence-corrected chi connectivity index (χ3v) is 5.83. The van der Waals surface area contributed by atoms with Crippen LogP contribution in [0.3, 0.4) is 0 Å². The minimum absolute atomic E-state index is 0.174. The fraction of sp³-hybridized carbons (Fsp3) is 0.200. The number of anilines is 2. The van der Waals surface area contributed by atoms with Gasteiger partial charge in [-0.05, 0) is 58.5 Å². The molecule has 8 nitrogen and oxygen atoms in total. The summed E-state index contributed by atoms with van der Waals surface area (Å²) in [6, 6.07) is 25.8. The van der Waals surface area contributed by atoms with Gasteiger partial charge in [-0.25, -0.2) is 4.68 Å². The molecule has 0 atom stereocenters. The van der Waals surface area contributed by atoms with Crippen LogP contribution in [-0.4, -0.2) is 57.2 Å². The summed E-state index contributed by atoms with van der Waals surface area (Å²) < 4.78 is 1.52. The molecule has 33 heavy (non-hydrogen) atoms. The fourth-order valence-electron chi connectivity index (χ4n) is 4.03. The Hall–Kier alpha value is -4.04. The van der Waals surface area contributed by atoms with Crippen LogP contribution in [0.5, 0.6) is 0 Å². The third-order valence-electron chi connectivity index (χ3n) is 5.83. The normalized spacial score (nSPS) is 14.2. The molecule has 3 aromatic carbocycles. The molecule has 1 amide bonds. The van der Waals surface area contributed by atoms with Gasteiger partial charge in [-0.3, -0.25) is 9.69 Å². The molecular formula is C25H25N7O. The lowest BCUT2D eigenvalue weighted by atomic mass is 10.1. The molecule has 1 aromatic heterocycles. The second kappa shape index (κ2) is 9.62. The Labute approximate surface area is 192 Å². The van der Waals surface area contributed by atoms with E-state index in [4.69, 9.17) is 0 Å². The van der Waals surface area contributed by atoms with Gasteiger partial charge in [-0.1, -0.05) is 36.4 Å². The van der Waals surface area contributed by atoms with Crippen molar-refractivity contribution < 1.29 is 4.79 Å². The van der Waals surface area contributed by atoms with Crippen molar-refractivity contribution in [3.63, 3.8) is 0 Å². The number of benzene rings is 3. The molecule has 1 fully saturated rings. The van der Waals surface area contributed by atoms with Crippen molar-refractivity contribution in [1.82, 2.24) is 25.1 Å². The average Bonchev–Trinajstić information content (AvgIpc) is 3.41. The number of tetrazole rings is 1. The lowest BCUT2D eigenvalue weighted by Gasteiger charge is -2.36. The number of rotatable bonds is 6. The van der Waals surface area contributed by atoms with E-state index in [1.165, 1.54) is 22.3 Å². The van der Waals surface area contributed by atoms with Gasteiger partial charge < -0.3 is 10.2 Å². The lowest BCUT2D eigenvalue weighted by molar-refractivity contribution is 0.102. The van der Waals surface area contributed by atoms with Crippen LogP contribution in [0.2, 0.25) is 0 Å². The minimum atomic E-state index is -0.174. The van der Waals surface area contributed by atoms with Gasteiger partial charge in [0.1, 0.15) is 6.33 Å². The quantitative estimate of drug-likeness (QED) is 0.497. The predicted molar refractivity (Wildman–Crippen MR) is 127 cm³/mol. The van der Waals surface area contributed by atoms with E-state index in [2.05, 4.69) is 73.1 Å². The van der Waals surface area contributed by atoms with Gasteiger partial charge in [0, 0.05) is 49.7 Å². The number of aromatic nitrogens is 4. The van der Waals surface area contributed by atoms with Crippen LogP contribution < -0.4 is 10.2 Å². The maximum Gasteiger partial charge on any atom is 0.255 e. The number of carbonyl (C=O) groups excluding carboxylic acids is 1. The SMILES string of the molecule is O=C(Nc1ccc(N2CCN(Cc3ccccc3)CC2)cc1)c1cccc(-n2cnnn2)c1. The number of carbonyl (C=O) groups is 1. The molecule has 8 heteroatoms. The molecule has 5 rings (SSSR count). The van der Waals surface area contributed by atoms with Crippen LogP contribution in [0, 0.1) is 0 Å². The first-order valence-corrected chi connectivity index (χ1v) is 11.0. The maximum atomic E-state index is 12.7. The zero-order valence-corrected chi connectivity index (χ0v) is 18.2. The molecule has 2 heterocycles. The fourth-order valence-corrected chi connectivity index (χ4v) is 4.03. The van der Waals surface area contributed by atoms with E-state index < -0.39 is 0 Å². The molecule has 0 bridgehead atoms. The summed E-state index contributed by atoms with van der Waals surface area (Å²) in [4.78, 5) is 17.6. The molecule has 166 valence electrons. The second-order valence-corrected chi connectivity index (χ2v) is 8.05. The Bertz CT molecular complexity index is 1190. The van der Waals surface area contributed by atoms with Crippen molar-refractivity contribution >= 4 is 17.3 Å². The van der Waals surface area contributed by atoms with Crippen molar-refractivity contribution in [3.05, 3.63) is 96.3 Å². The summed E-state index contributed by atoms with van der Waals surface area (Å²) in [5, 5.41) is 14.1. The summed E-state index contributed by atoms with van der Waals surface area (Å²) in [5.41, 5.74) is 4.57. The molecule has 0 aliphatic carbocycles. The number of piperazine rings is 1. The largest absolute Gasteiger partial charge is 0.369 e. The van der Waals surface area contributed by atoms with E-state index in [0.717, 1.165) is 44.1 Å². The highest BCUT2D eigenvalue weighted by molar-refractivity contribution is 6.04. The molecule has 0 radical (unpaired) electrons. The molecule has 1 saturated heterocycles. The van der Waals surface area contributed by atoms with Crippen molar-refractivity contribution in [1.29, 1.82) is 0 Å². The van der Waals surface area contributed by atoms with Gasteiger partial charge in [0.15, 0.2) is 0 Å². The number of nitrogens with one attached hydrogen (secondary N) is 1. The summed E-state index contributed by atoms with van der Waals surface area (Å²) >= 11 is 0. The van der Waals surface area contributed by atoms with Crippen LogP contribution >= 0.6 is 0 Å². The third kappa shape index (κ3) is 5.07. The highest BCUT2D eigenvalue weighted by Gasteiger charge is 2.17. The number of nitrogens with zero attached hydrogens (tertiary/aromatic N) is 6. The Kier molecular flexibility index (Phi) is 6.08. The molecule has 1 N–H and O–H groups in total. The Morgan fingerprint density at radius 1 is 0.848 bits per heavy atom. The minimum Gasteiger partial charge on any atom is -0.369 e. The van der Waals surface area contributed by atoms with Gasteiger partial charge in [0.2, 0.25) is 0 Å². The standard InChI is InChI=1S/C25H25N7O/c33-25(21-7-4-8-24(17-21)32-19-26-28-29-32)27-22-9-11-23(12-10-22)31-15-13-30(14-16-31)18-20-5-2-1-3-6-20/h1-12,17,19H,13-16,18H2,(H,27,33). The number of hydrogen-bond acceptors (Lipinski definition) is 6. The Morgan fingerprint density at radius 2 is 1.64 bits per heavy atom. The van der Waals surface area contributed by atoms with E-state index in [9.17, 15) is 4.79 Å². The summed E-state index contributed by atoms with van der Waals surface area (Å²) in [5.74, 6) is -0.174. The Balaban J connectivity index is 1.17. The maximum absolute atomic E-state index is 12.7. The van der Waals surface area contributed by atoms with E-state index >= 15 is 0 Å². The molecule has 0 saturated carbocycles. The zero-order chi connectivity index (χ0) is 22.5. The first-order valence-electron chi connectivity index (χ1n) is 11.0. The average molecular weight is 440 g/mol. The monoisotopic (exact) mass is 439 g/mol. The van der Waals surface area contributed by atoms with Crippen molar-refractivity contribution in [3.8, 4) is 5.69 Å². The van der Waals surface area contributed by atoms with Gasteiger partial charge in [-0.2, -0.15) is 0 Å². The summed E-state index contributed by atoms with van der Waals surface area (Å²) in [6.45, 7) is 5.04. The highest BCUT2D eigenvalue weighted by atomic mass is 16.1. The second-order valence-electron chi connectivity index (χ2n) is 8.05. The van der Waals surface area contributed by atoms with Crippen LogP contribution in [-0.2, 0) is 6.54 Å². The first kappa shape index (κ1) is 20.8. The molecule has 0 unspecified atom stereocenters. The van der Waals surface area contributed by atoms with Gasteiger partial charge in [0.25, 0.3) is 5.91 Å². The lowest BCUT2D eigenvalue weighted by Crippen LogP contribution is -2.45. The van der Waals surface area contributed by atoms with E-state index in [0.29, 0.717) is 5.56 Å². The highest BCUT2D eigenvalue weighted by Crippen LogP contribution is 2.21. The molecule has 1 aliphatic rings. The van der Waals surface area contributed by atoms with Gasteiger partial charge >= 0.3 is 0 Å². The number of hydrogen-bond donors (Lipinski definition) is 1. The Morgan fingerprint density at radius 3 is 2.36 bits per heavy atom. The van der Waals surface area contributed by atoms with E-state index in [1.807, 2.05) is 24.3 Å². The van der Waals surface area contributed by atoms with Crippen LogP contribution in [0.4, 0.5) is 11.4 Å². The van der Waals surface area contributed by atoms with Crippen LogP contribution in [0.15, 0.2) is 85.2 Å².